The van der Waals surface area contributed by atoms with E-state index in [9.17, 15) is 10.2 Å². The first-order valence-electron chi connectivity index (χ1n) is 14.3. The summed E-state index contributed by atoms with van der Waals surface area (Å²) >= 11 is 0. The van der Waals surface area contributed by atoms with Crippen LogP contribution >= 0.6 is 0 Å². The number of rotatable bonds is 8. The average molecular weight is 531 g/mol. The van der Waals surface area contributed by atoms with Crippen LogP contribution in [-0.2, 0) is 11.8 Å². The third-order valence-corrected chi connectivity index (χ3v) is 9.95. The van der Waals surface area contributed by atoms with Gasteiger partial charge in [0.25, 0.3) is 5.89 Å². The third kappa shape index (κ3) is 4.24. The molecule has 39 heavy (non-hydrogen) atoms. The van der Waals surface area contributed by atoms with Gasteiger partial charge in [-0.05, 0) is 104 Å². The van der Waals surface area contributed by atoms with Gasteiger partial charge in [-0.25, -0.2) is 0 Å². The minimum absolute atomic E-state index is 0.259. The van der Waals surface area contributed by atoms with Gasteiger partial charge in [-0.15, -0.1) is 0 Å². The molecule has 2 heterocycles. The molecule has 4 aliphatic carbocycles. The SMILES string of the molecule is COc1cc(-c2nc(-c3ccc4c(c3)CCN4CC(N)(CO)CO)no2)ccc1C12CC3CC(CC(C3)C1)C2. The zero-order chi connectivity index (χ0) is 26.8. The smallest absolute Gasteiger partial charge is 0.258 e. The number of benzene rings is 2. The van der Waals surface area contributed by atoms with E-state index in [-0.39, 0.29) is 18.6 Å². The summed E-state index contributed by atoms with van der Waals surface area (Å²) in [5, 5.41) is 23.5. The number of hydrogen-bond acceptors (Lipinski definition) is 8. The number of fused-ring (bicyclic) bond motifs is 1. The molecule has 0 spiro atoms. The van der Waals surface area contributed by atoms with E-state index in [1.807, 2.05) is 12.1 Å². The standard InChI is InChI=1S/C31H38N4O4/c1-38-27-12-24(2-4-25(27)30-13-19-8-20(14-30)10-21(9-19)15-30)29-33-28(34-39-29)23-3-5-26-22(11-23)6-7-35(26)16-31(32,17-36)18-37/h2-5,11-12,19-21,36-37H,6-10,13-18,32H2,1H3. The molecule has 0 atom stereocenters. The molecule has 5 aliphatic rings. The highest BCUT2D eigenvalue weighted by atomic mass is 16.5. The molecule has 8 heteroatoms. The second-order valence-electron chi connectivity index (χ2n) is 12.7. The molecule has 206 valence electrons. The minimum atomic E-state index is -1.03. The van der Waals surface area contributed by atoms with E-state index >= 15 is 0 Å². The molecule has 0 saturated heterocycles. The van der Waals surface area contributed by atoms with E-state index in [2.05, 4.69) is 34.3 Å². The Kier molecular flexibility index (Phi) is 5.99. The lowest BCUT2D eigenvalue weighted by Crippen LogP contribution is -2.55. The Morgan fingerprint density at radius 3 is 2.38 bits per heavy atom. The van der Waals surface area contributed by atoms with Gasteiger partial charge in [-0.1, -0.05) is 11.2 Å². The molecule has 8 nitrogen and oxygen atoms in total. The zero-order valence-electron chi connectivity index (χ0n) is 22.6. The van der Waals surface area contributed by atoms with Gasteiger partial charge < -0.3 is 30.1 Å². The number of ether oxygens (including phenoxy) is 1. The van der Waals surface area contributed by atoms with Crippen molar-refractivity contribution in [1.82, 2.24) is 10.1 Å². The summed E-state index contributed by atoms with van der Waals surface area (Å²) < 4.78 is 11.7. The van der Waals surface area contributed by atoms with Gasteiger partial charge in [0.15, 0.2) is 0 Å². The maximum atomic E-state index is 9.60. The molecular formula is C31H38N4O4. The first kappa shape index (κ1) is 25.1. The Morgan fingerprint density at radius 1 is 1.03 bits per heavy atom. The van der Waals surface area contributed by atoms with E-state index in [1.165, 1.54) is 49.7 Å². The Balaban J connectivity index is 1.13. The highest BCUT2D eigenvalue weighted by Crippen LogP contribution is 2.62. The molecule has 1 aromatic heterocycles. The largest absolute Gasteiger partial charge is 0.496 e. The molecule has 8 rings (SSSR count). The van der Waals surface area contributed by atoms with Crippen molar-refractivity contribution in [2.75, 3.05) is 38.3 Å². The lowest BCUT2D eigenvalue weighted by molar-refractivity contribution is -0.00615. The normalized spacial score (nSPS) is 27.3. The maximum Gasteiger partial charge on any atom is 0.258 e. The predicted octanol–water partition coefficient (Wildman–Crippen LogP) is 3.92. The highest BCUT2D eigenvalue weighted by Gasteiger charge is 2.52. The monoisotopic (exact) mass is 530 g/mol. The zero-order valence-corrected chi connectivity index (χ0v) is 22.6. The lowest BCUT2D eigenvalue weighted by Gasteiger charge is -2.57. The Labute approximate surface area is 229 Å². The summed E-state index contributed by atoms with van der Waals surface area (Å²) in [5.41, 5.74) is 10.7. The van der Waals surface area contributed by atoms with E-state index in [0.717, 1.165) is 53.3 Å². The van der Waals surface area contributed by atoms with Crippen LogP contribution in [0.15, 0.2) is 40.9 Å². The fourth-order valence-corrected chi connectivity index (χ4v) is 8.46. The quantitative estimate of drug-likeness (QED) is 0.401. The molecule has 1 aliphatic heterocycles. The van der Waals surface area contributed by atoms with E-state index in [4.69, 9.17) is 20.0 Å². The van der Waals surface area contributed by atoms with Crippen molar-refractivity contribution in [3.63, 3.8) is 0 Å². The lowest BCUT2D eigenvalue weighted by atomic mass is 9.48. The predicted molar refractivity (Wildman–Crippen MR) is 149 cm³/mol. The molecule has 0 unspecified atom stereocenters. The number of aliphatic hydroxyl groups is 2. The molecule has 0 radical (unpaired) electrons. The van der Waals surface area contributed by atoms with Crippen molar-refractivity contribution >= 4 is 5.69 Å². The second kappa shape index (κ2) is 9.32. The number of methoxy groups -OCH3 is 1. The fraction of sp³-hybridized carbons (Fsp3) is 0.548. The van der Waals surface area contributed by atoms with E-state index in [1.54, 1.807) is 7.11 Å². The van der Waals surface area contributed by atoms with Gasteiger partial charge >= 0.3 is 0 Å². The second-order valence-corrected chi connectivity index (χ2v) is 12.7. The summed E-state index contributed by atoms with van der Waals surface area (Å²) in [4.78, 5) is 6.86. The van der Waals surface area contributed by atoms with Crippen LogP contribution in [0, 0.1) is 17.8 Å². The summed E-state index contributed by atoms with van der Waals surface area (Å²) in [6, 6.07) is 12.6. The van der Waals surface area contributed by atoms with Gasteiger partial charge in [0, 0.05) is 35.5 Å². The van der Waals surface area contributed by atoms with Crippen molar-refractivity contribution in [2.45, 2.75) is 55.9 Å². The number of aromatic nitrogens is 2. The Hall–Kier alpha value is -2.94. The maximum absolute atomic E-state index is 9.60. The van der Waals surface area contributed by atoms with Gasteiger partial charge in [0.2, 0.25) is 5.82 Å². The first-order valence-corrected chi connectivity index (χ1v) is 14.3. The summed E-state index contributed by atoms with van der Waals surface area (Å²) in [5.74, 6) is 4.60. The van der Waals surface area contributed by atoms with Crippen LogP contribution in [0.25, 0.3) is 22.8 Å². The summed E-state index contributed by atoms with van der Waals surface area (Å²) in [6.07, 6.45) is 8.99. The van der Waals surface area contributed by atoms with E-state index < -0.39 is 5.54 Å². The number of hydrogen-bond donors (Lipinski definition) is 3. The van der Waals surface area contributed by atoms with Crippen LogP contribution in [0.3, 0.4) is 0 Å². The molecular weight excluding hydrogens is 492 g/mol. The van der Waals surface area contributed by atoms with Gasteiger partial charge in [-0.3, -0.25) is 0 Å². The number of aliphatic hydroxyl groups excluding tert-OH is 2. The van der Waals surface area contributed by atoms with Crippen LogP contribution in [0.5, 0.6) is 5.75 Å². The number of nitrogens with zero attached hydrogens (tertiary/aromatic N) is 3. The van der Waals surface area contributed by atoms with Gasteiger partial charge in [-0.2, -0.15) is 4.98 Å². The molecule has 3 aromatic rings. The fourth-order valence-electron chi connectivity index (χ4n) is 8.46. The molecule has 4 fully saturated rings. The summed E-state index contributed by atoms with van der Waals surface area (Å²) in [6.45, 7) is 0.631. The van der Waals surface area contributed by atoms with Crippen molar-refractivity contribution in [3.05, 3.63) is 47.5 Å². The average Bonchev–Trinajstić information content (AvgIpc) is 3.59. The van der Waals surface area contributed by atoms with Crippen LogP contribution in [0.1, 0.15) is 49.7 Å². The van der Waals surface area contributed by atoms with Crippen LogP contribution < -0.4 is 15.4 Å². The van der Waals surface area contributed by atoms with Crippen LogP contribution in [0.2, 0.25) is 0 Å². The topological polar surface area (TPSA) is 118 Å². The molecule has 4 N–H and O–H groups in total. The van der Waals surface area contributed by atoms with Gasteiger partial charge in [0.1, 0.15) is 5.75 Å². The van der Waals surface area contributed by atoms with E-state index in [0.29, 0.717) is 18.3 Å². The Bertz CT molecular complexity index is 1350. The molecule has 2 aromatic carbocycles. The highest BCUT2D eigenvalue weighted by molar-refractivity contribution is 5.68. The number of anilines is 1. The minimum Gasteiger partial charge on any atom is -0.496 e. The first-order chi connectivity index (χ1) is 18.9. The van der Waals surface area contributed by atoms with Gasteiger partial charge in [0.05, 0.1) is 25.9 Å². The summed E-state index contributed by atoms with van der Waals surface area (Å²) in [7, 11) is 1.77. The van der Waals surface area contributed by atoms with Crippen LogP contribution in [-0.4, -0.2) is 59.3 Å². The molecule has 4 bridgehead atoms. The Morgan fingerprint density at radius 2 is 1.72 bits per heavy atom. The van der Waals surface area contributed by atoms with Crippen molar-refractivity contribution in [1.29, 1.82) is 0 Å². The third-order valence-electron chi connectivity index (χ3n) is 9.95. The van der Waals surface area contributed by atoms with Crippen molar-refractivity contribution < 1.29 is 19.5 Å². The molecule has 4 saturated carbocycles. The number of nitrogens with two attached hydrogens (primary N) is 1. The van der Waals surface area contributed by atoms with Crippen LogP contribution in [0.4, 0.5) is 5.69 Å². The van der Waals surface area contributed by atoms with Crippen molar-refractivity contribution in [2.24, 2.45) is 23.5 Å². The van der Waals surface area contributed by atoms with Crippen molar-refractivity contribution in [3.8, 4) is 28.6 Å². The molecule has 0 amide bonds.